The third-order valence-electron chi connectivity index (χ3n) is 8.82. The van der Waals surface area contributed by atoms with Crippen molar-refractivity contribution in [1.82, 2.24) is 29.3 Å². The van der Waals surface area contributed by atoms with Crippen LogP contribution in [0.2, 0.25) is 0 Å². The van der Waals surface area contributed by atoms with Crippen LogP contribution < -0.4 is 15.2 Å². The second-order valence-corrected chi connectivity index (χ2v) is 11.6. The van der Waals surface area contributed by atoms with Crippen molar-refractivity contribution in [2.24, 2.45) is 0 Å². The van der Waals surface area contributed by atoms with Crippen molar-refractivity contribution in [3.05, 3.63) is 70.8 Å². The second kappa shape index (κ2) is 12.1. The first-order valence-corrected chi connectivity index (χ1v) is 15.0. The molecule has 11 nitrogen and oxygen atoms in total. The average Bonchev–Trinajstić information content (AvgIpc) is 3.44. The molecule has 6 rings (SSSR count). The summed E-state index contributed by atoms with van der Waals surface area (Å²) in [6, 6.07) is 14.1. The van der Waals surface area contributed by atoms with E-state index < -0.39 is 0 Å². The second-order valence-electron chi connectivity index (χ2n) is 11.6. The van der Waals surface area contributed by atoms with Crippen molar-refractivity contribution in [2.45, 2.75) is 45.2 Å². The van der Waals surface area contributed by atoms with Crippen LogP contribution in [0.15, 0.2) is 53.8 Å². The van der Waals surface area contributed by atoms with Crippen LogP contribution in [-0.4, -0.2) is 87.1 Å². The Morgan fingerprint density at radius 2 is 1.89 bits per heavy atom. The molecule has 0 aliphatic carbocycles. The van der Waals surface area contributed by atoms with E-state index in [2.05, 4.69) is 29.6 Å². The summed E-state index contributed by atoms with van der Waals surface area (Å²) in [5.41, 5.74) is 1.99. The number of rotatable bonds is 7. The molecule has 0 saturated carbocycles. The van der Waals surface area contributed by atoms with Gasteiger partial charge in [-0.3, -0.25) is 14.2 Å². The first-order chi connectivity index (χ1) is 21.3. The minimum Gasteiger partial charge on any atom is -0.462 e. The van der Waals surface area contributed by atoms with Crippen molar-refractivity contribution < 1.29 is 9.53 Å². The molecule has 0 N–H and O–H groups in total. The molecular weight excluding hydrogens is 556 g/mol. The Labute approximate surface area is 256 Å². The fourth-order valence-corrected chi connectivity index (χ4v) is 6.50. The summed E-state index contributed by atoms with van der Waals surface area (Å²) in [5.74, 6) is 0.739. The Bertz CT molecular complexity index is 1860. The number of aryl methyl sites for hydroxylation is 2. The molecular formula is C33H36N8O3. The zero-order valence-corrected chi connectivity index (χ0v) is 25.4. The summed E-state index contributed by atoms with van der Waals surface area (Å²) < 4.78 is 7.79. The van der Waals surface area contributed by atoms with Gasteiger partial charge in [0, 0.05) is 31.1 Å². The topological polar surface area (TPSA) is 120 Å². The maximum atomic E-state index is 14.4. The van der Waals surface area contributed by atoms with Crippen LogP contribution in [0, 0.1) is 25.2 Å². The molecule has 2 fully saturated rings. The summed E-state index contributed by atoms with van der Waals surface area (Å²) >= 11 is 0. The first kappa shape index (κ1) is 29.3. The molecule has 0 spiro atoms. The maximum absolute atomic E-state index is 14.4. The molecule has 4 heterocycles. The highest BCUT2D eigenvalue weighted by Gasteiger charge is 2.32. The third-order valence-corrected chi connectivity index (χ3v) is 8.82. The molecule has 2 unspecified atom stereocenters. The number of hydrogen-bond donors (Lipinski definition) is 0. The molecule has 0 radical (unpaired) electrons. The lowest BCUT2D eigenvalue weighted by Gasteiger charge is -2.40. The lowest BCUT2D eigenvalue weighted by atomic mass is 10.0. The summed E-state index contributed by atoms with van der Waals surface area (Å²) in [7, 11) is 2.07. The summed E-state index contributed by atoms with van der Waals surface area (Å²) in [4.78, 5) is 47.2. The van der Waals surface area contributed by atoms with Crippen molar-refractivity contribution in [3.63, 3.8) is 0 Å². The Morgan fingerprint density at radius 3 is 2.61 bits per heavy atom. The summed E-state index contributed by atoms with van der Waals surface area (Å²) in [6.07, 6.45) is 3.53. The molecule has 11 heteroatoms. The molecule has 2 aliphatic rings. The van der Waals surface area contributed by atoms with Gasteiger partial charge in [-0.2, -0.15) is 15.2 Å². The standard InChI is InChI=1S/C33H36N8O3/c1-5-27(42)40-18-17-39(19-24(40)14-15-34)31-29-30(36-33(37-31)44-20-25-12-8-16-38(25)4)32(43)41(22(3)35-29)26-13-7-11-23-10-6-9-21(2)28(23)26/h5-7,9-11,13,24-25H,1,8,12,14,16-20H2,2-4H3. The highest BCUT2D eigenvalue weighted by molar-refractivity contribution is 5.94. The number of anilines is 1. The predicted molar refractivity (Wildman–Crippen MR) is 169 cm³/mol. The molecule has 2 aromatic heterocycles. The molecule has 4 aromatic rings. The zero-order valence-electron chi connectivity index (χ0n) is 25.4. The van der Waals surface area contributed by atoms with Crippen molar-refractivity contribution in [2.75, 3.05) is 44.7 Å². The van der Waals surface area contributed by atoms with Gasteiger partial charge in [0.05, 0.1) is 24.2 Å². The maximum Gasteiger partial charge on any atom is 0.319 e. The molecule has 1 amide bonds. The largest absolute Gasteiger partial charge is 0.462 e. The highest BCUT2D eigenvalue weighted by Crippen LogP contribution is 2.30. The molecule has 2 aromatic carbocycles. The Balaban J connectivity index is 1.50. The van der Waals surface area contributed by atoms with Gasteiger partial charge in [0.2, 0.25) is 5.91 Å². The van der Waals surface area contributed by atoms with Crippen LogP contribution in [-0.2, 0) is 4.79 Å². The van der Waals surface area contributed by atoms with E-state index in [9.17, 15) is 14.9 Å². The fraction of sp³-hybridized carbons (Fsp3) is 0.394. The predicted octanol–water partition coefficient (Wildman–Crippen LogP) is 3.54. The first-order valence-electron chi connectivity index (χ1n) is 15.0. The van der Waals surface area contributed by atoms with E-state index in [1.54, 1.807) is 16.4 Å². The van der Waals surface area contributed by atoms with Crippen LogP contribution in [0.25, 0.3) is 27.5 Å². The number of nitrogens with zero attached hydrogens (tertiary/aromatic N) is 8. The number of amides is 1. The lowest BCUT2D eigenvalue weighted by molar-refractivity contribution is -0.128. The number of ether oxygens (including phenoxy) is 1. The normalized spacial score (nSPS) is 19.0. The summed E-state index contributed by atoms with van der Waals surface area (Å²) in [6.45, 7) is 10.0. The SMILES string of the molecule is C=CC(=O)N1CCN(c2nc(OCC3CCCN3C)nc3c(=O)n(-c4cccc5cccc(C)c45)c(C)nc23)CC1CC#N. The van der Waals surface area contributed by atoms with Crippen molar-refractivity contribution >= 4 is 33.5 Å². The lowest BCUT2D eigenvalue weighted by Crippen LogP contribution is -2.55. The van der Waals surface area contributed by atoms with E-state index in [-0.39, 0.29) is 41.5 Å². The highest BCUT2D eigenvalue weighted by atomic mass is 16.5. The van der Waals surface area contributed by atoms with Gasteiger partial charge < -0.3 is 19.4 Å². The number of likely N-dealkylation sites (N-methyl/N-ethyl adjacent to an activating group) is 1. The number of carbonyl (C=O) groups is 1. The Morgan fingerprint density at radius 1 is 1.09 bits per heavy atom. The van der Waals surface area contributed by atoms with Gasteiger partial charge in [-0.05, 0) is 63.4 Å². The van der Waals surface area contributed by atoms with Gasteiger partial charge in [0.15, 0.2) is 11.3 Å². The number of nitriles is 1. The van der Waals surface area contributed by atoms with Crippen LogP contribution in [0.1, 0.15) is 30.7 Å². The van der Waals surface area contributed by atoms with E-state index in [4.69, 9.17) is 14.7 Å². The number of fused-ring (bicyclic) bond motifs is 2. The van der Waals surface area contributed by atoms with Gasteiger partial charge >= 0.3 is 6.01 Å². The van der Waals surface area contributed by atoms with E-state index >= 15 is 0 Å². The molecule has 44 heavy (non-hydrogen) atoms. The van der Waals surface area contributed by atoms with Gasteiger partial charge in [-0.25, -0.2) is 4.98 Å². The third kappa shape index (κ3) is 5.26. The quantitative estimate of drug-likeness (QED) is 0.297. The Kier molecular flexibility index (Phi) is 8.01. The fourth-order valence-electron chi connectivity index (χ4n) is 6.50. The van der Waals surface area contributed by atoms with E-state index in [1.165, 1.54) is 6.08 Å². The molecule has 2 saturated heterocycles. The molecule has 2 aliphatic heterocycles. The average molecular weight is 593 g/mol. The smallest absolute Gasteiger partial charge is 0.319 e. The van der Waals surface area contributed by atoms with E-state index in [1.807, 2.05) is 48.2 Å². The van der Waals surface area contributed by atoms with Gasteiger partial charge in [-0.15, -0.1) is 0 Å². The minimum atomic E-state index is -0.374. The number of benzene rings is 2. The molecule has 0 bridgehead atoms. The summed E-state index contributed by atoms with van der Waals surface area (Å²) in [5, 5.41) is 11.5. The minimum absolute atomic E-state index is 0.109. The van der Waals surface area contributed by atoms with Crippen molar-refractivity contribution in [3.8, 4) is 17.8 Å². The number of likely N-dealkylation sites (tertiary alicyclic amines) is 1. The van der Waals surface area contributed by atoms with Crippen LogP contribution in [0.4, 0.5) is 5.82 Å². The van der Waals surface area contributed by atoms with Crippen LogP contribution >= 0.6 is 0 Å². The number of aromatic nitrogens is 4. The van der Waals surface area contributed by atoms with Crippen LogP contribution in [0.3, 0.4) is 0 Å². The van der Waals surface area contributed by atoms with E-state index in [0.717, 1.165) is 41.4 Å². The monoisotopic (exact) mass is 592 g/mol. The van der Waals surface area contributed by atoms with E-state index in [0.29, 0.717) is 43.4 Å². The number of hydrogen-bond acceptors (Lipinski definition) is 9. The zero-order chi connectivity index (χ0) is 31.0. The van der Waals surface area contributed by atoms with Gasteiger partial charge in [0.1, 0.15) is 17.9 Å². The molecule has 2 atom stereocenters. The van der Waals surface area contributed by atoms with Crippen molar-refractivity contribution in [1.29, 1.82) is 5.26 Å². The molecule has 226 valence electrons. The number of piperazine rings is 1. The van der Waals surface area contributed by atoms with Crippen LogP contribution in [0.5, 0.6) is 6.01 Å². The Hall–Kier alpha value is -4.82. The van der Waals surface area contributed by atoms with Gasteiger partial charge in [-0.1, -0.05) is 36.9 Å². The van der Waals surface area contributed by atoms with Gasteiger partial charge in [0.25, 0.3) is 5.56 Å². The number of carbonyl (C=O) groups excluding carboxylic acids is 1.